The van der Waals surface area contributed by atoms with Crippen LogP contribution in [0.1, 0.15) is 226 Å². The Morgan fingerprint density at radius 1 is 0.296 bits per heavy atom. The van der Waals surface area contributed by atoms with Crippen LogP contribution < -0.4 is 0 Å². The van der Waals surface area contributed by atoms with E-state index in [1.165, 1.54) is 51.4 Å². The molecule has 6 heteroatoms. The van der Waals surface area contributed by atoms with Crippen molar-refractivity contribution in [2.24, 2.45) is 0 Å². The molecule has 0 fully saturated rings. The zero-order valence-corrected chi connectivity index (χ0v) is 45.4. The van der Waals surface area contributed by atoms with Gasteiger partial charge in [-0.15, -0.1) is 0 Å². The molecule has 0 rings (SSSR count). The summed E-state index contributed by atoms with van der Waals surface area (Å²) in [5, 5.41) is 0. The summed E-state index contributed by atoms with van der Waals surface area (Å²) in [6.07, 6.45) is 82.8. The number of esters is 3. The second kappa shape index (κ2) is 57.9. The minimum atomic E-state index is -0.843. The average Bonchev–Trinajstić information content (AvgIpc) is 3.37. The Morgan fingerprint density at radius 3 is 0.930 bits per heavy atom. The first-order valence-electron chi connectivity index (χ1n) is 28.3. The third-order valence-corrected chi connectivity index (χ3v) is 11.3. The maximum Gasteiger partial charge on any atom is 0.306 e. The Labute approximate surface area is 436 Å². The lowest BCUT2D eigenvalue weighted by Gasteiger charge is -2.18. The maximum absolute atomic E-state index is 12.8. The molecule has 0 aliphatic rings. The van der Waals surface area contributed by atoms with E-state index in [2.05, 4.69) is 154 Å². The van der Waals surface area contributed by atoms with Gasteiger partial charge in [0.25, 0.3) is 0 Å². The molecular weight excluding hydrogens is 877 g/mol. The van der Waals surface area contributed by atoms with Gasteiger partial charge in [0, 0.05) is 19.3 Å². The molecule has 71 heavy (non-hydrogen) atoms. The van der Waals surface area contributed by atoms with Crippen LogP contribution >= 0.6 is 0 Å². The van der Waals surface area contributed by atoms with Crippen LogP contribution in [0.15, 0.2) is 146 Å². The van der Waals surface area contributed by atoms with Crippen LogP contribution in [0.4, 0.5) is 0 Å². The number of unbranched alkanes of at least 4 members (excludes halogenated alkanes) is 14. The Hall–Kier alpha value is -4.71. The number of hydrogen-bond acceptors (Lipinski definition) is 6. The molecule has 398 valence electrons. The highest BCUT2D eigenvalue weighted by molar-refractivity contribution is 5.71. The zero-order chi connectivity index (χ0) is 51.4. The average molecular weight is 980 g/mol. The molecular formula is C65H102O6. The number of hydrogen-bond donors (Lipinski definition) is 0. The Kier molecular flexibility index (Phi) is 54.0. The molecule has 0 amide bonds. The molecule has 0 aliphatic carbocycles. The molecule has 0 radical (unpaired) electrons. The minimum absolute atomic E-state index is 0.131. The fourth-order valence-electron chi connectivity index (χ4n) is 7.13. The van der Waals surface area contributed by atoms with Crippen molar-refractivity contribution < 1.29 is 28.6 Å². The summed E-state index contributed by atoms with van der Waals surface area (Å²) >= 11 is 0. The summed E-state index contributed by atoms with van der Waals surface area (Å²) < 4.78 is 16.7. The molecule has 0 aliphatic heterocycles. The van der Waals surface area contributed by atoms with Crippen molar-refractivity contribution in [1.82, 2.24) is 0 Å². The van der Waals surface area contributed by atoms with E-state index in [0.717, 1.165) is 128 Å². The normalized spacial score (nSPS) is 13.2. The lowest BCUT2D eigenvalue weighted by atomic mass is 10.1. The number of carbonyl (C=O) groups excluding carboxylic acids is 3. The van der Waals surface area contributed by atoms with E-state index in [4.69, 9.17) is 14.2 Å². The van der Waals surface area contributed by atoms with Gasteiger partial charge in [-0.05, 0) is 128 Å². The summed E-state index contributed by atoms with van der Waals surface area (Å²) in [6.45, 7) is 6.28. The Bertz CT molecular complexity index is 1590. The van der Waals surface area contributed by atoms with Gasteiger partial charge in [0.05, 0.1) is 0 Å². The number of rotatable bonds is 49. The van der Waals surface area contributed by atoms with Crippen LogP contribution in [0.3, 0.4) is 0 Å². The van der Waals surface area contributed by atoms with Gasteiger partial charge in [-0.25, -0.2) is 0 Å². The second-order valence-corrected chi connectivity index (χ2v) is 18.1. The highest BCUT2D eigenvalue weighted by Gasteiger charge is 2.19. The molecule has 6 nitrogen and oxygen atoms in total. The van der Waals surface area contributed by atoms with E-state index in [1.54, 1.807) is 0 Å². The third kappa shape index (κ3) is 56.1. The second-order valence-electron chi connectivity index (χ2n) is 18.1. The maximum atomic E-state index is 12.8. The summed E-state index contributed by atoms with van der Waals surface area (Å²) in [4.78, 5) is 38.1. The first kappa shape index (κ1) is 66.3. The van der Waals surface area contributed by atoms with Crippen LogP contribution in [-0.4, -0.2) is 37.2 Å². The molecule has 0 saturated heterocycles. The molecule has 0 N–H and O–H groups in total. The van der Waals surface area contributed by atoms with E-state index >= 15 is 0 Å². The lowest BCUT2D eigenvalue weighted by molar-refractivity contribution is -0.166. The molecule has 0 aromatic heterocycles. The van der Waals surface area contributed by atoms with Crippen LogP contribution in [0.25, 0.3) is 0 Å². The number of carbonyl (C=O) groups is 3. The van der Waals surface area contributed by atoms with Crippen molar-refractivity contribution in [3.8, 4) is 0 Å². The number of allylic oxidation sites excluding steroid dienone is 24. The molecule has 0 spiro atoms. The van der Waals surface area contributed by atoms with Crippen molar-refractivity contribution in [3.63, 3.8) is 0 Å². The summed E-state index contributed by atoms with van der Waals surface area (Å²) in [5.41, 5.74) is 0. The van der Waals surface area contributed by atoms with Gasteiger partial charge in [0.2, 0.25) is 0 Å². The molecule has 0 saturated carbocycles. The highest BCUT2D eigenvalue weighted by atomic mass is 16.6. The van der Waals surface area contributed by atoms with Crippen LogP contribution in [0.2, 0.25) is 0 Å². The molecule has 0 bridgehead atoms. The van der Waals surface area contributed by atoms with Gasteiger partial charge in [0.1, 0.15) is 13.2 Å². The molecule has 0 aromatic rings. The van der Waals surface area contributed by atoms with E-state index < -0.39 is 12.1 Å². The van der Waals surface area contributed by atoms with Gasteiger partial charge in [-0.3, -0.25) is 14.4 Å². The first-order valence-corrected chi connectivity index (χ1v) is 28.3. The van der Waals surface area contributed by atoms with Gasteiger partial charge < -0.3 is 14.2 Å². The van der Waals surface area contributed by atoms with Crippen molar-refractivity contribution in [2.75, 3.05) is 13.2 Å². The largest absolute Gasteiger partial charge is 0.462 e. The summed E-state index contributed by atoms with van der Waals surface area (Å²) in [7, 11) is 0. The van der Waals surface area contributed by atoms with Crippen molar-refractivity contribution in [3.05, 3.63) is 146 Å². The van der Waals surface area contributed by atoms with Gasteiger partial charge >= 0.3 is 17.9 Å². The number of ether oxygens (including phenoxy) is 3. The standard InChI is InChI=1S/C65H102O6/c1-4-7-10-13-16-19-22-25-27-29-31-32-34-35-37-40-43-46-49-52-55-58-64(67)70-61-62(60-69-63(66)57-54-51-48-45-42-39-24-21-18-15-12-9-6-3)71-65(68)59-56-53-50-47-44-41-38-36-33-30-28-26-23-20-17-14-11-8-5-2/h8-9,11-12,17-18,20-22,25-26,28-29,31,33-36,39,41-42,44,50,53,62H,4-7,10,13-16,19,23-24,27,30,32,37-38,40,43,45-49,51-52,54-61H2,1-3H3/b11-8-,12-9-,20-17-,21-18-,25-22-,28-26-,31-29-,35-34-,36-33-,42-39-,44-41-,53-50-. The third-order valence-electron chi connectivity index (χ3n) is 11.3. The lowest BCUT2D eigenvalue weighted by Crippen LogP contribution is -2.30. The molecule has 1 atom stereocenters. The van der Waals surface area contributed by atoms with E-state index in [0.29, 0.717) is 19.3 Å². The van der Waals surface area contributed by atoms with Crippen LogP contribution in [0.5, 0.6) is 0 Å². The summed E-state index contributed by atoms with van der Waals surface area (Å²) in [5.74, 6) is -1.07. The first-order chi connectivity index (χ1) is 35.0. The Morgan fingerprint density at radius 2 is 0.577 bits per heavy atom. The zero-order valence-electron chi connectivity index (χ0n) is 45.4. The van der Waals surface area contributed by atoms with Gasteiger partial charge in [0.15, 0.2) is 6.10 Å². The predicted octanol–water partition coefficient (Wildman–Crippen LogP) is 19.2. The van der Waals surface area contributed by atoms with Crippen molar-refractivity contribution in [2.45, 2.75) is 232 Å². The molecule has 0 heterocycles. The van der Waals surface area contributed by atoms with Crippen molar-refractivity contribution in [1.29, 1.82) is 0 Å². The monoisotopic (exact) mass is 979 g/mol. The van der Waals surface area contributed by atoms with Crippen molar-refractivity contribution >= 4 is 17.9 Å². The van der Waals surface area contributed by atoms with E-state index in [-0.39, 0.29) is 31.6 Å². The topological polar surface area (TPSA) is 78.9 Å². The van der Waals surface area contributed by atoms with Crippen LogP contribution in [0, 0.1) is 0 Å². The smallest absolute Gasteiger partial charge is 0.306 e. The quantitative estimate of drug-likeness (QED) is 0.0262. The van der Waals surface area contributed by atoms with E-state index in [1.807, 2.05) is 12.2 Å². The molecule has 1 unspecified atom stereocenters. The molecule has 0 aromatic carbocycles. The summed E-state index contributed by atoms with van der Waals surface area (Å²) in [6, 6.07) is 0. The van der Waals surface area contributed by atoms with Gasteiger partial charge in [-0.2, -0.15) is 0 Å². The van der Waals surface area contributed by atoms with Gasteiger partial charge in [-0.1, -0.05) is 224 Å². The minimum Gasteiger partial charge on any atom is -0.462 e. The highest BCUT2D eigenvalue weighted by Crippen LogP contribution is 2.12. The van der Waals surface area contributed by atoms with Crippen LogP contribution in [-0.2, 0) is 28.6 Å². The SMILES string of the molecule is CC/C=C\C/C=C\C/C=C\C/C=C\C/C=C\C/C=C\CCC(=O)OC(COC(=O)CCCCC/C=C\C/C=C\C/C=C\CC)COC(=O)CCCCCCCC/C=C\C/C=C\C/C=C\CCCCCCC. The van der Waals surface area contributed by atoms with E-state index in [9.17, 15) is 14.4 Å². The predicted molar refractivity (Wildman–Crippen MR) is 306 cm³/mol. The Balaban J connectivity index is 4.56. The fraction of sp³-hybridized carbons (Fsp3) is 0.585. The fourth-order valence-corrected chi connectivity index (χ4v) is 7.13.